The predicted octanol–water partition coefficient (Wildman–Crippen LogP) is 5.83. The summed E-state index contributed by atoms with van der Waals surface area (Å²) in [5.41, 5.74) is 2.17. The standard InChI is InChI=1S/C26H21N3OS/c1-16-28-25-24(21-12-6-7-13-23(21)31-25)26(30)29(16)27-15-22-19-10-4-2-8-17(19)14-18-9-3-5-11-20(18)22/h2-5,8-11,14-15H,6-7,12-13H2,1H3/b27-15-. The van der Waals surface area contributed by atoms with Gasteiger partial charge in [0, 0.05) is 10.4 Å². The van der Waals surface area contributed by atoms with E-state index in [-0.39, 0.29) is 5.56 Å². The maximum Gasteiger partial charge on any atom is 0.283 e. The van der Waals surface area contributed by atoms with E-state index in [1.54, 1.807) is 11.3 Å². The molecule has 0 N–H and O–H groups in total. The Balaban J connectivity index is 1.58. The van der Waals surface area contributed by atoms with E-state index in [0.717, 1.165) is 56.6 Å². The molecular formula is C26H21N3OS. The molecule has 0 atom stereocenters. The Morgan fingerprint density at radius 2 is 1.68 bits per heavy atom. The Morgan fingerprint density at radius 1 is 1.00 bits per heavy atom. The van der Waals surface area contributed by atoms with Crippen LogP contribution >= 0.6 is 11.3 Å². The lowest BCUT2D eigenvalue weighted by molar-refractivity contribution is 0.698. The average molecular weight is 424 g/mol. The number of rotatable bonds is 2. The van der Waals surface area contributed by atoms with E-state index in [9.17, 15) is 4.79 Å². The van der Waals surface area contributed by atoms with Crippen LogP contribution in [0.1, 0.15) is 34.7 Å². The van der Waals surface area contributed by atoms with Gasteiger partial charge in [0.15, 0.2) is 0 Å². The van der Waals surface area contributed by atoms with E-state index in [1.165, 1.54) is 21.5 Å². The molecule has 2 aromatic heterocycles. The van der Waals surface area contributed by atoms with Gasteiger partial charge < -0.3 is 0 Å². The van der Waals surface area contributed by atoms with Crippen LogP contribution in [0.25, 0.3) is 31.8 Å². The quantitative estimate of drug-likeness (QED) is 0.265. The molecule has 0 spiro atoms. The monoisotopic (exact) mass is 423 g/mol. The molecule has 0 amide bonds. The van der Waals surface area contributed by atoms with Crippen LogP contribution in [0.5, 0.6) is 0 Å². The highest BCUT2D eigenvalue weighted by Gasteiger charge is 2.21. The molecule has 0 saturated carbocycles. The summed E-state index contributed by atoms with van der Waals surface area (Å²) in [5.74, 6) is 0.622. The number of hydrogen-bond donors (Lipinski definition) is 0. The van der Waals surface area contributed by atoms with Gasteiger partial charge in [-0.1, -0.05) is 48.5 Å². The summed E-state index contributed by atoms with van der Waals surface area (Å²) >= 11 is 1.68. The van der Waals surface area contributed by atoms with Crippen LogP contribution in [0, 0.1) is 6.92 Å². The van der Waals surface area contributed by atoms with Crippen LogP contribution in [0.4, 0.5) is 0 Å². The summed E-state index contributed by atoms with van der Waals surface area (Å²) in [4.78, 5) is 20.4. The number of fused-ring (bicyclic) bond motifs is 5. The maximum atomic E-state index is 13.4. The summed E-state index contributed by atoms with van der Waals surface area (Å²) < 4.78 is 1.47. The summed E-state index contributed by atoms with van der Waals surface area (Å²) in [6.07, 6.45) is 6.18. The fourth-order valence-electron chi connectivity index (χ4n) is 4.74. The van der Waals surface area contributed by atoms with Crippen molar-refractivity contribution in [2.75, 3.05) is 0 Å². The first-order valence-electron chi connectivity index (χ1n) is 10.7. The van der Waals surface area contributed by atoms with Crippen LogP contribution in [-0.4, -0.2) is 15.9 Å². The second-order valence-electron chi connectivity index (χ2n) is 8.14. The van der Waals surface area contributed by atoms with Crippen LogP contribution in [-0.2, 0) is 12.8 Å². The minimum absolute atomic E-state index is 0.0531. The highest BCUT2D eigenvalue weighted by Crippen LogP contribution is 2.34. The lowest BCUT2D eigenvalue weighted by atomic mass is 9.97. The zero-order valence-corrected chi connectivity index (χ0v) is 18.1. The Hall–Kier alpha value is -3.31. The zero-order chi connectivity index (χ0) is 20.9. The normalized spacial score (nSPS) is 14.1. The lowest BCUT2D eigenvalue weighted by Gasteiger charge is -2.10. The molecule has 0 aliphatic heterocycles. The minimum Gasteiger partial charge on any atom is -0.267 e. The zero-order valence-electron chi connectivity index (χ0n) is 17.3. The second-order valence-corrected chi connectivity index (χ2v) is 9.23. The molecule has 152 valence electrons. The fraction of sp³-hybridized carbons (Fsp3) is 0.192. The van der Waals surface area contributed by atoms with Gasteiger partial charge in [-0.15, -0.1) is 11.3 Å². The lowest BCUT2D eigenvalue weighted by Crippen LogP contribution is -2.21. The number of nitrogens with zero attached hydrogens (tertiary/aromatic N) is 3. The maximum absolute atomic E-state index is 13.4. The van der Waals surface area contributed by atoms with Crippen LogP contribution in [0.15, 0.2) is 64.5 Å². The van der Waals surface area contributed by atoms with Crippen molar-refractivity contribution >= 4 is 49.3 Å². The highest BCUT2D eigenvalue weighted by molar-refractivity contribution is 7.18. The molecule has 1 aliphatic rings. The molecule has 2 heterocycles. The molecule has 0 saturated heterocycles. The van der Waals surface area contributed by atoms with Crippen molar-refractivity contribution in [2.45, 2.75) is 32.6 Å². The summed E-state index contributed by atoms with van der Waals surface area (Å²) in [6.45, 7) is 1.86. The Kier molecular flexibility index (Phi) is 4.25. The fourth-order valence-corrected chi connectivity index (χ4v) is 6.03. The first kappa shape index (κ1) is 18.5. The molecule has 0 radical (unpaired) electrons. The number of aryl methyl sites for hydroxylation is 3. The van der Waals surface area contributed by atoms with E-state index in [4.69, 9.17) is 4.98 Å². The van der Waals surface area contributed by atoms with Crippen molar-refractivity contribution in [1.82, 2.24) is 9.66 Å². The number of hydrogen-bond acceptors (Lipinski definition) is 4. The third kappa shape index (κ3) is 2.92. The van der Waals surface area contributed by atoms with E-state index < -0.39 is 0 Å². The third-order valence-electron chi connectivity index (χ3n) is 6.24. The molecule has 5 aromatic rings. The Morgan fingerprint density at radius 3 is 2.42 bits per heavy atom. The van der Waals surface area contributed by atoms with E-state index in [1.807, 2.05) is 37.4 Å². The van der Waals surface area contributed by atoms with Gasteiger partial charge in [-0.25, -0.2) is 4.98 Å². The molecule has 5 heteroatoms. The molecule has 6 rings (SSSR count). The first-order chi connectivity index (χ1) is 15.2. The van der Waals surface area contributed by atoms with Crippen LogP contribution in [0.3, 0.4) is 0 Å². The first-order valence-corrected chi connectivity index (χ1v) is 11.5. The molecule has 3 aromatic carbocycles. The molecule has 0 bridgehead atoms. The van der Waals surface area contributed by atoms with Crippen molar-refractivity contribution in [1.29, 1.82) is 0 Å². The van der Waals surface area contributed by atoms with Crippen molar-refractivity contribution in [3.05, 3.63) is 86.8 Å². The highest BCUT2D eigenvalue weighted by atomic mass is 32.1. The van der Waals surface area contributed by atoms with Crippen molar-refractivity contribution in [3.63, 3.8) is 0 Å². The van der Waals surface area contributed by atoms with Gasteiger partial charge in [-0.2, -0.15) is 9.78 Å². The van der Waals surface area contributed by atoms with Gasteiger partial charge in [0.25, 0.3) is 5.56 Å². The Labute approximate surface area is 183 Å². The van der Waals surface area contributed by atoms with E-state index in [0.29, 0.717) is 5.82 Å². The topological polar surface area (TPSA) is 47.2 Å². The molecule has 0 unspecified atom stereocenters. The average Bonchev–Trinajstić information content (AvgIpc) is 3.16. The number of thiophene rings is 1. The second kappa shape index (κ2) is 7.13. The van der Waals surface area contributed by atoms with E-state index in [2.05, 4.69) is 35.4 Å². The van der Waals surface area contributed by atoms with Crippen molar-refractivity contribution in [2.24, 2.45) is 5.10 Å². The van der Waals surface area contributed by atoms with Gasteiger partial charge in [0.2, 0.25) is 0 Å². The van der Waals surface area contributed by atoms with Crippen molar-refractivity contribution in [3.8, 4) is 0 Å². The van der Waals surface area contributed by atoms with Gasteiger partial charge >= 0.3 is 0 Å². The SMILES string of the molecule is Cc1nc2sc3c(c2c(=O)n1/N=C\c1c2ccccc2cc2ccccc12)CCCC3. The molecule has 31 heavy (non-hydrogen) atoms. The third-order valence-corrected chi connectivity index (χ3v) is 7.43. The molecule has 0 fully saturated rings. The Bertz CT molecular complexity index is 1520. The molecular weight excluding hydrogens is 402 g/mol. The number of benzene rings is 3. The summed E-state index contributed by atoms with van der Waals surface area (Å²) in [5, 5.41) is 10.0. The largest absolute Gasteiger partial charge is 0.283 e. The van der Waals surface area contributed by atoms with Gasteiger partial charge in [0.1, 0.15) is 10.7 Å². The summed E-state index contributed by atoms with van der Waals surface area (Å²) in [7, 11) is 0. The van der Waals surface area contributed by atoms with Gasteiger partial charge in [-0.3, -0.25) is 4.79 Å². The van der Waals surface area contributed by atoms with Crippen LogP contribution < -0.4 is 5.56 Å². The van der Waals surface area contributed by atoms with Crippen LogP contribution in [0.2, 0.25) is 0 Å². The molecule has 4 nitrogen and oxygen atoms in total. The summed E-state index contributed by atoms with van der Waals surface area (Å²) in [6, 6.07) is 18.8. The van der Waals surface area contributed by atoms with E-state index >= 15 is 0 Å². The smallest absolute Gasteiger partial charge is 0.267 e. The minimum atomic E-state index is -0.0531. The van der Waals surface area contributed by atoms with Crippen molar-refractivity contribution < 1.29 is 0 Å². The molecule has 1 aliphatic carbocycles. The predicted molar refractivity (Wildman–Crippen MR) is 130 cm³/mol. The van der Waals surface area contributed by atoms with Gasteiger partial charge in [-0.05, 0) is 65.8 Å². The number of aromatic nitrogens is 2. The van der Waals surface area contributed by atoms with Gasteiger partial charge in [0.05, 0.1) is 11.6 Å².